The second kappa shape index (κ2) is 14.0. The van der Waals surface area contributed by atoms with Gasteiger partial charge in [-0.1, -0.05) is 91.0 Å². The van der Waals surface area contributed by atoms with Crippen LogP contribution in [0.2, 0.25) is 0 Å². The standard InChI is InChI=1S/C51H28N4S2/c1-54-40-15-25-47-46-24-14-39(28-50(46)57-51(47)29-40)37-11-20-43(21-12-37)55(41-16-7-35(8-17-41)34-5-2-32(30-52)3-6-34)42-18-9-36(10-19-42)38-13-23-45-44-22-4-33(31-53)26-48(44)56-49(45)27-38/h2-29H. The first-order valence-corrected chi connectivity index (χ1v) is 20.0. The van der Waals surface area contributed by atoms with Crippen LogP contribution in [-0.4, -0.2) is 0 Å². The zero-order valence-electron chi connectivity index (χ0n) is 30.3. The Morgan fingerprint density at radius 2 is 0.737 bits per heavy atom. The monoisotopic (exact) mass is 760 g/mol. The lowest BCUT2D eigenvalue weighted by Gasteiger charge is -2.26. The predicted molar refractivity (Wildman–Crippen MR) is 239 cm³/mol. The van der Waals surface area contributed by atoms with E-state index in [1.54, 1.807) is 22.7 Å². The average molecular weight is 761 g/mol. The molecule has 0 amide bonds. The van der Waals surface area contributed by atoms with Gasteiger partial charge in [0.05, 0.1) is 29.8 Å². The molecule has 0 aliphatic carbocycles. The quantitative estimate of drug-likeness (QED) is 0.159. The van der Waals surface area contributed by atoms with E-state index in [2.05, 4.69) is 143 Å². The molecule has 10 aromatic rings. The first-order chi connectivity index (χ1) is 28.0. The zero-order chi connectivity index (χ0) is 38.5. The number of rotatable bonds is 6. The van der Waals surface area contributed by atoms with Crippen molar-refractivity contribution in [2.24, 2.45) is 0 Å². The topological polar surface area (TPSA) is 55.2 Å². The molecule has 0 unspecified atom stereocenters. The van der Waals surface area contributed by atoms with Gasteiger partial charge in [0.1, 0.15) is 0 Å². The fourth-order valence-corrected chi connectivity index (χ4v) is 10.00. The van der Waals surface area contributed by atoms with E-state index in [1.165, 1.54) is 30.9 Å². The molecule has 10 rings (SSSR count). The fraction of sp³-hybridized carbons (Fsp3) is 0. The molecule has 0 spiro atoms. The van der Waals surface area contributed by atoms with Crippen molar-refractivity contribution >= 4 is 85.8 Å². The minimum atomic E-state index is 0.644. The number of fused-ring (bicyclic) bond motifs is 6. The number of hydrogen-bond acceptors (Lipinski definition) is 5. The van der Waals surface area contributed by atoms with Crippen LogP contribution in [-0.2, 0) is 0 Å². The number of benzene rings is 8. The van der Waals surface area contributed by atoms with Crippen LogP contribution in [0.15, 0.2) is 170 Å². The van der Waals surface area contributed by atoms with Crippen LogP contribution in [0.1, 0.15) is 11.1 Å². The summed E-state index contributed by atoms with van der Waals surface area (Å²) >= 11 is 3.45. The Hall–Kier alpha value is -7.53. The number of anilines is 3. The van der Waals surface area contributed by atoms with E-state index in [1.807, 2.05) is 48.5 Å². The Bertz CT molecular complexity index is 3120. The van der Waals surface area contributed by atoms with E-state index in [-0.39, 0.29) is 0 Å². The van der Waals surface area contributed by atoms with Gasteiger partial charge in [-0.25, -0.2) is 4.85 Å². The van der Waals surface area contributed by atoms with Gasteiger partial charge in [-0.05, 0) is 118 Å². The molecule has 0 atom stereocenters. The van der Waals surface area contributed by atoms with Crippen LogP contribution in [0.4, 0.5) is 22.7 Å². The highest BCUT2D eigenvalue weighted by Crippen LogP contribution is 2.41. The van der Waals surface area contributed by atoms with Crippen LogP contribution >= 0.6 is 22.7 Å². The number of hydrogen-bond donors (Lipinski definition) is 0. The van der Waals surface area contributed by atoms with Crippen LogP contribution in [0.3, 0.4) is 0 Å². The van der Waals surface area contributed by atoms with E-state index in [0.29, 0.717) is 16.8 Å². The number of nitrogens with zero attached hydrogens (tertiary/aromatic N) is 4. The van der Waals surface area contributed by atoms with Gasteiger partial charge in [-0.15, -0.1) is 22.7 Å². The first-order valence-electron chi connectivity index (χ1n) is 18.4. The summed E-state index contributed by atoms with van der Waals surface area (Å²) in [5, 5.41) is 23.5. The maximum absolute atomic E-state index is 9.41. The van der Waals surface area contributed by atoms with Gasteiger partial charge in [-0.3, -0.25) is 0 Å². The highest BCUT2D eigenvalue weighted by molar-refractivity contribution is 7.26. The molecule has 0 aliphatic rings. The first kappa shape index (κ1) is 34.0. The van der Waals surface area contributed by atoms with E-state index < -0.39 is 0 Å². The zero-order valence-corrected chi connectivity index (χ0v) is 31.9. The van der Waals surface area contributed by atoms with Crippen LogP contribution in [0, 0.1) is 29.2 Å². The molecule has 0 aliphatic heterocycles. The van der Waals surface area contributed by atoms with Gasteiger partial charge >= 0.3 is 0 Å². The molecule has 57 heavy (non-hydrogen) atoms. The molecule has 0 saturated heterocycles. The smallest absolute Gasteiger partial charge is 0.188 e. The second-order valence-electron chi connectivity index (χ2n) is 13.9. The van der Waals surface area contributed by atoms with Crippen molar-refractivity contribution in [3.05, 3.63) is 192 Å². The van der Waals surface area contributed by atoms with Crippen molar-refractivity contribution in [1.82, 2.24) is 0 Å². The normalized spacial score (nSPS) is 11.1. The van der Waals surface area contributed by atoms with Crippen LogP contribution < -0.4 is 4.90 Å². The molecule has 8 aromatic carbocycles. The number of thiophene rings is 2. The highest BCUT2D eigenvalue weighted by atomic mass is 32.1. The van der Waals surface area contributed by atoms with Crippen LogP contribution in [0.25, 0.3) is 78.6 Å². The Balaban J connectivity index is 1.00. The molecular weight excluding hydrogens is 733 g/mol. The third kappa shape index (κ3) is 6.15. The van der Waals surface area contributed by atoms with E-state index in [4.69, 9.17) is 6.57 Å². The summed E-state index contributed by atoms with van der Waals surface area (Å²) in [6.45, 7) is 7.42. The maximum Gasteiger partial charge on any atom is 0.188 e. The molecule has 4 nitrogen and oxygen atoms in total. The molecule has 0 radical (unpaired) electrons. The molecule has 2 heterocycles. The lowest BCUT2D eigenvalue weighted by atomic mass is 10.0. The molecule has 0 fully saturated rings. The number of nitriles is 2. The van der Waals surface area contributed by atoms with Gasteiger partial charge in [0.2, 0.25) is 0 Å². The molecule has 0 N–H and O–H groups in total. The summed E-state index contributed by atoms with van der Waals surface area (Å²) in [5.74, 6) is 0. The van der Waals surface area contributed by atoms with Gasteiger partial charge in [-0.2, -0.15) is 10.5 Å². The predicted octanol–water partition coefficient (Wildman–Crippen LogP) is 15.2. The molecular formula is C51H28N4S2. The Morgan fingerprint density at radius 3 is 1.19 bits per heavy atom. The Kier molecular flexibility index (Phi) is 8.32. The maximum atomic E-state index is 9.41. The minimum absolute atomic E-state index is 0.644. The SMILES string of the molecule is [C-]#[N+]c1ccc2c(c1)sc1cc(-c3ccc(N(c4ccc(-c5ccc(C#N)cc5)cc4)c4ccc(-c5ccc6c(c5)sc5cc(C#N)ccc56)cc4)cc3)ccc12. The minimum Gasteiger partial charge on any atom is -0.311 e. The van der Waals surface area contributed by atoms with Crippen molar-refractivity contribution in [3.8, 4) is 45.5 Å². The van der Waals surface area contributed by atoms with Crippen LogP contribution in [0.5, 0.6) is 0 Å². The largest absolute Gasteiger partial charge is 0.311 e. The third-order valence-electron chi connectivity index (χ3n) is 10.6. The van der Waals surface area contributed by atoms with Gasteiger partial charge in [0.25, 0.3) is 0 Å². The molecule has 0 saturated carbocycles. The molecule has 2 aromatic heterocycles. The van der Waals surface area contributed by atoms with E-state index in [9.17, 15) is 10.5 Å². The van der Waals surface area contributed by atoms with Gasteiger partial charge in [0, 0.05) is 52.0 Å². The van der Waals surface area contributed by atoms with Crippen molar-refractivity contribution in [2.75, 3.05) is 4.90 Å². The second-order valence-corrected chi connectivity index (χ2v) is 16.1. The summed E-state index contributed by atoms with van der Waals surface area (Å²) in [6, 6.07) is 63.3. The van der Waals surface area contributed by atoms with Crippen molar-refractivity contribution in [2.45, 2.75) is 0 Å². The molecule has 0 bridgehead atoms. The third-order valence-corrected chi connectivity index (χ3v) is 12.8. The summed E-state index contributed by atoms with van der Waals surface area (Å²) < 4.78 is 4.66. The highest BCUT2D eigenvalue weighted by Gasteiger charge is 2.15. The van der Waals surface area contributed by atoms with Crippen molar-refractivity contribution in [3.63, 3.8) is 0 Å². The van der Waals surface area contributed by atoms with Gasteiger partial charge < -0.3 is 4.90 Å². The summed E-state index contributed by atoms with van der Waals surface area (Å²) in [5.41, 5.74) is 11.8. The summed E-state index contributed by atoms with van der Waals surface area (Å²) in [7, 11) is 0. The summed E-state index contributed by atoms with van der Waals surface area (Å²) in [6.07, 6.45) is 0. The lowest BCUT2D eigenvalue weighted by Crippen LogP contribution is -2.09. The summed E-state index contributed by atoms with van der Waals surface area (Å²) in [4.78, 5) is 5.90. The van der Waals surface area contributed by atoms with Crippen molar-refractivity contribution < 1.29 is 0 Å². The fourth-order valence-electron chi connectivity index (χ4n) is 7.63. The lowest BCUT2D eigenvalue weighted by molar-refractivity contribution is 1.28. The molecule has 264 valence electrons. The van der Waals surface area contributed by atoms with Gasteiger partial charge in [0.15, 0.2) is 5.69 Å². The average Bonchev–Trinajstić information content (AvgIpc) is 3.83. The van der Waals surface area contributed by atoms with E-state index >= 15 is 0 Å². The Morgan fingerprint density at radius 1 is 0.386 bits per heavy atom. The Labute approximate surface area is 337 Å². The van der Waals surface area contributed by atoms with Crippen molar-refractivity contribution in [1.29, 1.82) is 10.5 Å². The van der Waals surface area contributed by atoms with E-state index in [0.717, 1.165) is 59.8 Å². The molecule has 6 heteroatoms.